The van der Waals surface area contributed by atoms with Crippen molar-refractivity contribution in [3.63, 3.8) is 0 Å². The molecule has 0 saturated heterocycles. The normalized spacial score (nSPS) is 10.8. The van der Waals surface area contributed by atoms with Gasteiger partial charge in [0, 0.05) is 0 Å². The number of rotatable bonds is 4. The average molecular weight is 347 g/mol. The Morgan fingerprint density at radius 2 is 1.73 bits per heavy atom. The van der Waals surface area contributed by atoms with Crippen molar-refractivity contribution >= 4 is 22.5 Å². The Hall–Kier alpha value is -3.87. The van der Waals surface area contributed by atoms with Crippen molar-refractivity contribution in [1.82, 2.24) is 4.98 Å². The number of nitrogens with zero attached hydrogens (tertiary/aromatic N) is 2. The largest absolute Gasteiger partial charge is 0.456 e. The monoisotopic (exact) mass is 347 g/mol. The number of para-hydroxylation sites is 3. The third-order valence-corrected chi connectivity index (χ3v) is 3.83. The Balaban J connectivity index is 1.94. The summed E-state index contributed by atoms with van der Waals surface area (Å²) in [6.07, 6.45) is 0. The van der Waals surface area contributed by atoms with E-state index in [1.165, 1.54) is 6.07 Å². The number of anilines is 1. The van der Waals surface area contributed by atoms with Crippen LogP contribution in [-0.2, 0) is 0 Å². The van der Waals surface area contributed by atoms with E-state index in [4.69, 9.17) is 14.9 Å². The lowest BCUT2D eigenvalue weighted by molar-refractivity contribution is -0.383. The minimum atomic E-state index is -0.558. The molecule has 0 fully saturated rings. The SMILES string of the molecule is Nc1ccc(Oc2ccccc2)c(-c2nc3ccccc3o2)c1[N+](=O)[O-]. The molecule has 0 unspecified atom stereocenters. The molecule has 0 radical (unpaired) electrons. The predicted octanol–water partition coefficient (Wildman–Crippen LogP) is 4.78. The number of nitro benzene ring substituents is 1. The van der Waals surface area contributed by atoms with Crippen molar-refractivity contribution in [2.24, 2.45) is 0 Å². The summed E-state index contributed by atoms with van der Waals surface area (Å²) in [7, 11) is 0. The molecule has 0 amide bonds. The number of oxazole rings is 1. The number of benzene rings is 3. The molecular weight excluding hydrogens is 334 g/mol. The molecule has 3 aromatic carbocycles. The number of hydrogen-bond acceptors (Lipinski definition) is 6. The van der Waals surface area contributed by atoms with Crippen LogP contribution in [0.5, 0.6) is 11.5 Å². The van der Waals surface area contributed by atoms with Crippen LogP contribution in [0.25, 0.3) is 22.6 Å². The van der Waals surface area contributed by atoms with Gasteiger partial charge in [0.15, 0.2) is 11.1 Å². The van der Waals surface area contributed by atoms with Gasteiger partial charge in [-0.2, -0.15) is 0 Å². The number of hydrogen-bond donors (Lipinski definition) is 1. The molecule has 0 bridgehead atoms. The van der Waals surface area contributed by atoms with Gasteiger partial charge in [0.25, 0.3) is 0 Å². The van der Waals surface area contributed by atoms with E-state index in [1.807, 2.05) is 12.1 Å². The Labute approximate surface area is 147 Å². The fourth-order valence-corrected chi connectivity index (χ4v) is 2.67. The van der Waals surface area contributed by atoms with Crippen molar-refractivity contribution in [2.45, 2.75) is 0 Å². The molecular formula is C19H13N3O4. The summed E-state index contributed by atoms with van der Waals surface area (Å²) in [6, 6.07) is 19.1. The average Bonchev–Trinajstić information content (AvgIpc) is 3.07. The minimum absolute atomic E-state index is 0.00710. The van der Waals surface area contributed by atoms with Crippen LogP contribution in [0.2, 0.25) is 0 Å². The number of nitrogen functional groups attached to an aromatic ring is 1. The quantitative estimate of drug-likeness (QED) is 0.324. The second kappa shape index (κ2) is 6.21. The zero-order valence-electron chi connectivity index (χ0n) is 13.5. The summed E-state index contributed by atoms with van der Waals surface area (Å²) < 4.78 is 11.6. The van der Waals surface area contributed by atoms with Crippen LogP contribution in [0.15, 0.2) is 71.1 Å². The van der Waals surface area contributed by atoms with E-state index in [0.717, 1.165) is 0 Å². The molecule has 7 heteroatoms. The number of nitro groups is 1. The standard InChI is InChI=1S/C19H13N3O4/c20-13-10-11-16(25-12-6-2-1-3-7-12)17(18(13)22(23)24)19-21-14-8-4-5-9-15(14)26-19/h1-11H,20H2. The topological polar surface area (TPSA) is 104 Å². The molecule has 0 aliphatic rings. The molecule has 4 rings (SSSR count). The molecule has 0 atom stereocenters. The molecule has 0 saturated carbocycles. The van der Waals surface area contributed by atoms with Gasteiger partial charge in [-0.1, -0.05) is 30.3 Å². The van der Waals surface area contributed by atoms with E-state index in [-0.39, 0.29) is 28.6 Å². The van der Waals surface area contributed by atoms with E-state index in [9.17, 15) is 10.1 Å². The zero-order valence-corrected chi connectivity index (χ0v) is 13.5. The summed E-state index contributed by atoms with van der Waals surface area (Å²) in [5.74, 6) is 0.851. The van der Waals surface area contributed by atoms with Gasteiger partial charge >= 0.3 is 5.69 Å². The van der Waals surface area contributed by atoms with Crippen molar-refractivity contribution in [3.8, 4) is 23.0 Å². The highest BCUT2D eigenvalue weighted by Crippen LogP contribution is 2.43. The molecule has 0 aliphatic carbocycles. The van der Waals surface area contributed by atoms with E-state index in [0.29, 0.717) is 16.8 Å². The highest BCUT2D eigenvalue weighted by molar-refractivity contribution is 5.86. The van der Waals surface area contributed by atoms with Crippen molar-refractivity contribution in [2.75, 3.05) is 5.73 Å². The molecule has 26 heavy (non-hydrogen) atoms. The number of ether oxygens (including phenoxy) is 1. The van der Waals surface area contributed by atoms with Crippen molar-refractivity contribution in [1.29, 1.82) is 0 Å². The van der Waals surface area contributed by atoms with Gasteiger partial charge < -0.3 is 14.9 Å². The van der Waals surface area contributed by atoms with E-state index < -0.39 is 4.92 Å². The van der Waals surface area contributed by atoms with E-state index >= 15 is 0 Å². The first-order valence-corrected chi connectivity index (χ1v) is 7.79. The van der Waals surface area contributed by atoms with Gasteiger partial charge in [0.1, 0.15) is 22.7 Å². The lowest BCUT2D eigenvalue weighted by atomic mass is 10.1. The third-order valence-electron chi connectivity index (χ3n) is 3.83. The van der Waals surface area contributed by atoms with Crippen LogP contribution in [0.4, 0.5) is 11.4 Å². The first kappa shape index (κ1) is 15.6. The zero-order chi connectivity index (χ0) is 18.1. The van der Waals surface area contributed by atoms with Crippen LogP contribution in [0.3, 0.4) is 0 Å². The molecule has 0 aliphatic heterocycles. The Morgan fingerprint density at radius 3 is 2.46 bits per heavy atom. The smallest absolute Gasteiger partial charge is 0.308 e. The van der Waals surface area contributed by atoms with Crippen LogP contribution < -0.4 is 10.5 Å². The highest BCUT2D eigenvalue weighted by atomic mass is 16.6. The van der Waals surface area contributed by atoms with Crippen molar-refractivity contribution in [3.05, 3.63) is 76.8 Å². The first-order chi connectivity index (χ1) is 12.6. The second-order valence-electron chi connectivity index (χ2n) is 5.54. The maximum atomic E-state index is 11.6. The summed E-state index contributed by atoms with van der Waals surface area (Å²) in [6.45, 7) is 0. The number of nitrogens with two attached hydrogens (primary N) is 1. The fraction of sp³-hybridized carbons (Fsp3) is 0. The minimum Gasteiger partial charge on any atom is -0.456 e. The summed E-state index contributed by atoms with van der Waals surface area (Å²) >= 11 is 0. The highest BCUT2D eigenvalue weighted by Gasteiger charge is 2.28. The Bertz CT molecular complexity index is 1070. The fourth-order valence-electron chi connectivity index (χ4n) is 2.67. The van der Waals surface area contributed by atoms with Gasteiger partial charge in [-0.15, -0.1) is 0 Å². The molecule has 1 aromatic heterocycles. The lowest BCUT2D eigenvalue weighted by Crippen LogP contribution is -2.00. The molecule has 2 N–H and O–H groups in total. The summed E-state index contributed by atoms with van der Waals surface area (Å²) in [5.41, 5.74) is 6.77. The van der Waals surface area contributed by atoms with Crippen molar-refractivity contribution < 1.29 is 14.1 Å². The Kier molecular flexibility index (Phi) is 3.74. The molecule has 4 aromatic rings. The molecule has 128 valence electrons. The maximum absolute atomic E-state index is 11.6. The van der Waals surface area contributed by atoms with Gasteiger partial charge in [0.05, 0.1) is 4.92 Å². The van der Waals surface area contributed by atoms with E-state index in [2.05, 4.69) is 4.98 Å². The number of aromatic nitrogens is 1. The number of fused-ring (bicyclic) bond motifs is 1. The van der Waals surface area contributed by atoms with Gasteiger partial charge in [-0.05, 0) is 36.4 Å². The predicted molar refractivity (Wildman–Crippen MR) is 97.0 cm³/mol. The Morgan fingerprint density at radius 1 is 1.00 bits per heavy atom. The molecule has 1 heterocycles. The molecule has 0 spiro atoms. The third kappa shape index (κ3) is 2.71. The first-order valence-electron chi connectivity index (χ1n) is 7.79. The van der Waals surface area contributed by atoms with E-state index in [1.54, 1.807) is 48.5 Å². The van der Waals surface area contributed by atoms with Crippen LogP contribution in [0.1, 0.15) is 0 Å². The summed E-state index contributed by atoms with van der Waals surface area (Å²) in [4.78, 5) is 15.4. The van der Waals surface area contributed by atoms with Crippen LogP contribution >= 0.6 is 0 Å². The van der Waals surface area contributed by atoms with Gasteiger partial charge in [-0.3, -0.25) is 10.1 Å². The van der Waals surface area contributed by atoms with Crippen LogP contribution in [-0.4, -0.2) is 9.91 Å². The van der Waals surface area contributed by atoms with Gasteiger partial charge in [0.2, 0.25) is 5.89 Å². The molecule has 7 nitrogen and oxygen atoms in total. The van der Waals surface area contributed by atoms with Crippen LogP contribution in [0, 0.1) is 10.1 Å². The lowest BCUT2D eigenvalue weighted by Gasteiger charge is -2.10. The van der Waals surface area contributed by atoms with Gasteiger partial charge in [-0.25, -0.2) is 4.98 Å². The summed E-state index contributed by atoms with van der Waals surface area (Å²) in [5, 5.41) is 11.6. The maximum Gasteiger partial charge on any atom is 0.308 e. The second-order valence-corrected chi connectivity index (χ2v) is 5.54.